The molecule has 27 heavy (non-hydrogen) atoms. The smallest absolute Gasteiger partial charge is 0.226 e. The minimum absolute atomic E-state index is 0.0174. The molecule has 4 aliphatic carbocycles. The van der Waals surface area contributed by atoms with Crippen molar-refractivity contribution in [2.75, 3.05) is 6.54 Å². The van der Waals surface area contributed by atoms with Crippen LogP contribution < -0.4 is 5.32 Å². The van der Waals surface area contributed by atoms with Crippen LogP contribution in [0, 0.1) is 28.1 Å². The fourth-order valence-electron chi connectivity index (χ4n) is 7.83. The summed E-state index contributed by atoms with van der Waals surface area (Å²) < 4.78 is 0. The normalized spacial score (nSPS) is 48.7. The number of carbonyl (C=O) groups excluding carboxylic acids is 2. The molecule has 150 valence electrons. The maximum atomic E-state index is 13.3. The van der Waals surface area contributed by atoms with Gasteiger partial charge in [0.2, 0.25) is 5.91 Å². The predicted molar refractivity (Wildman–Crippen MR) is 105 cm³/mol. The number of carbonyl (C=O) groups is 2. The minimum atomic E-state index is -0.979. The number of Topliss-reactive ketones (excluding diaryl/α,β-unsaturated/α-hetero) is 1. The largest absolute Gasteiger partial charge is 0.385 e. The standard InChI is InChI=1S/C23H35NO3/c1-5-13-24-19(26)21(4)10-6-9-20(3)16(21)7-11-22-14-23(27,12-8-17(20)22)15(2)18(22)25/h16-17,27H,2,5-14H2,1,3-4H3,(H,24,26)/t16?,17-,20+,21+,22+,23+/m0/s1. The molecule has 4 aliphatic rings. The van der Waals surface area contributed by atoms with Gasteiger partial charge in [0, 0.05) is 22.9 Å². The van der Waals surface area contributed by atoms with Crippen molar-refractivity contribution in [1.29, 1.82) is 0 Å². The average molecular weight is 374 g/mol. The number of amides is 1. The van der Waals surface area contributed by atoms with Crippen LogP contribution in [-0.2, 0) is 9.59 Å². The van der Waals surface area contributed by atoms with Crippen LogP contribution in [0.2, 0.25) is 0 Å². The quantitative estimate of drug-likeness (QED) is 0.740. The van der Waals surface area contributed by atoms with E-state index in [0.29, 0.717) is 24.3 Å². The number of aliphatic hydroxyl groups is 1. The first-order valence-corrected chi connectivity index (χ1v) is 10.9. The third-order valence-corrected chi connectivity index (χ3v) is 9.12. The first-order valence-electron chi connectivity index (χ1n) is 10.9. The lowest BCUT2D eigenvalue weighted by atomic mass is 9.40. The highest BCUT2D eigenvalue weighted by atomic mass is 16.3. The minimum Gasteiger partial charge on any atom is -0.385 e. The second kappa shape index (κ2) is 5.92. The second-order valence-electron chi connectivity index (χ2n) is 10.4. The van der Waals surface area contributed by atoms with Crippen molar-refractivity contribution < 1.29 is 14.7 Å². The van der Waals surface area contributed by atoms with Crippen LogP contribution in [0.3, 0.4) is 0 Å². The molecule has 1 amide bonds. The van der Waals surface area contributed by atoms with E-state index in [0.717, 1.165) is 51.5 Å². The van der Waals surface area contributed by atoms with Crippen LogP contribution >= 0.6 is 0 Å². The summed E-state index contributed by atoms with van der Waals surface area (Å²) in [6, 6.07) is 0. The summed E-state index contributed by atoms with van der Waals surface area (Å²) >= 11 is 0. The van der Waals surface area contributed by atoms with Gasteiger partial charge in [-0.3, -0.25) is 9.59 Å². The zero-order valence-electron chi connectivity index (χ0n) is 17.2. The molecule has 0 aromatic rings. The van der Waals surface area contributed by atoms with Gasteiger partial charge in [0.1, 0.15) is 0 Å². The second-order valence-corrected chi connectivity index (χ2v) is 10.4. The summed E-state index contributed by atoms with van der Waals surface area (Å²) in [5.41, 5.74) is -1.33. The van der Waals surface area contributed by atoms with Crippen molar-refractivity contribution in [3.05, 3.63) is 12.2 Å². The third kappa shape index (κ3) is 2.31. The van der Waals surface area contributed by atoms with E-state index in [9.17, 15) is 14.7 Å². The zero-order valence-corrected chi connectivity index (χ0v) is 17.2. The van der Waals surface area contributed by atoms with Gasteiger partial charge in [-0.2, -0.15) is 0 Å². The first kappa shape index (κ1) is 19.2. The van der Waals surface area contributed by atoms with Gasteiger partial charge >= 0.3 is 0 Å². The molecule has 1 spiro atoms. The molecule has 2 N–H and O–H groups in total. The highest BCUT2D eigenvalue weighted by Gasteiger charge is 2.70. The van der Waals surface area contributed by atoms with Crippen molar-refractivity contribution in [2.24, 2.45) is 28.1 Å². The van der Waals surface area contributed by atoms with E-state index in [-0.39, 0.29) is 28.4 Å². The average Bonchev–Trinajstić information content (AvgIpc) is 2.76. The van der Waals surface area contributed by atoms with E-state index < -0.39 is 11.0 Å². The van der Waals surface area contributed by atoms with Gasteiger partial charge in [0.05, 0.1) is 5.60 Å². The number of hydrogen-bond donors (Lipinski definition) is 2. The fourth-order valence-corrected chi connectivity index (χ4v) is 7.83. The number of fused-ring (bicyclic) bond motifs is 3. The lowest BCUT2D eigenvalue weighted by Gasteiger charge is -2.63. The Labute approximate surface area is 163 Å². The number of rotatable bonds is 3. The molecule has 0 aliphatic heterocycles. The first-order chi connectivity index (χ1) is 12.6. The molecule has 4 heteroatoms. The Kier molecular flexibility index (Phi) is 4.20. The van der Waals surface area contributed by atoms with E-state index >= 15 is 0 Å². The number of hydrogen-bond acceptors (Lipinski definition) is 3. The summed E-state index contributed by atoms with van der Waals surface area (Å²) in [5, 5.41) is 14.1. The molecule has 0 aromatic heterocycles. The van der Waals surface area contributed by atoms with E-state index in [4.69, 9.17) is 0 Å². The van der Waals surface area contributed by atoms with Crippen LogP contribution in [0.15, 0.2) is 12.2 Å². The van der Waals surface area contributed by atoms with Crippen LogP contribution in [0.5, 0.6) is 0 Å². The van der Waals surface area contributed by atoms with Gasteiger partial charge in [-0.15, -0.1) is 0 Å². The van der Waals surface area contributed by atoms with E-state index in [1.165, 1.54) is 0 Å². The Bertz CT molecular complexity index is 702. The summed E-state index contributed by atoms with van der Waals surface area (Å²) in [4.78, 5) is 26.4. The summed E-state index contributed by atoms with van der Waals surface area (Å²) in [5.74, 6) is 0.883. The van der Waals surface area contributed by atoms with Crippen molar-refractivity contribution in [1.82, 2.24) is 5.32 Å². The summed E-state index contributed by atoms with van der Waals surface area (Å²) in [6.45, 7) is 11.3. The van der Waals surface area contributed by atoms with E-state index in [1.54, 1.807) is 0 Å². The van der Waals surface area contributed by atoms with Crippen LogP contribution in [0.25, 0.3) is 0 Å². The van der Waals surface area contributed by atoms with Gasteiger partial charge in [-0.1, -0.05) is 33.8 Å². The number of ketones is 1. The van der Waals surface area contributed by atoms with Gasteiger partial charge < -0.3 is 10.4 Å². The van der Waals surface area contributed by atoms with Crippen LogP contribution in [-0.4, -0.2) is 28.9 Å². The Morgan fingerprint density at radius 3 is 2.59 bits per heavy atom. The maximum Gasteiger partial charge on any atom is 0.226 e. The predicted octanol–water partition coefficient (Wildman–Crippen LogP) is 3.78. The highest BCUT2D eigenvalue weighted by molar-refractivity contribution is 6.04. The van der Waals surface area contributed by atoms with Gasteiger partial charge in [-0.25, -0.2) is 0 Å². The Morgan fingerprint density at radius 2 is 1.89 bits per heavy atom. The summed E-state index contributed by atoms with van der Waals surface area (Å²) in [7, 11) is 0. The van der Waals surface area contributed by atoms with Crippen molar-refractivity contribution >= 4 is 11.7 Å². The molecule has 0 radical (unpaired) electrons. The molecule has 1 unspecified atom stereocenters. The Morgan fingerprint density at radius 1 is 1.19 bits per heavy atom. The molecular weight excluding hydrogens is 338 g/mol. The fraction of sp³-hybridized carbons (Fsp3) is 0.826. The number of nitrogens with one attached hydrogen (secondary N) is 1. The third-order valence-electron chi connectivity index (χ3n) is 9.12. The Hall–Kier alpha value is -1.16. The van der Waals surface area contributed by atoms with Gasteiger partial charge in [0.25, 0.3) is 0 Å². The van der Waals surface area contributed by atoms with E-state index in [1.807, 2.05) is 0 Å². The summed E-state index contributed by atoms with van der Waals surface area (Å²) in [6.07, 6.45) is 7.79. The van der Waals surface area contributed by atoms with Crippen molar-refractivity contribution in [3.8, 4) is 0 Å². The molecule has 2 bridgehead atoms. The van der Waals surface area contributed by atoms with Crippen LogP contribution in [0.1, 0.15) is 78.6 Å². The van der Waals surface area contributed by atoms with Crippen molar-refractivity contribution in [2.45, 2.75) is 84.2 Å². The lowest BCUT2D eigenvalue weighted by molar-refractivity contribution is -0.178. The van der Waals surface area contributed by atoms with Gasteiger partial charge in [0.15, 0.2) is 5.78 Å². The Balaban J connectivity index is 1.71. The molecule has 4 nitrogen and oxygen atoms in total. The molecule has 6 atom stereocenters. The van der Waals surface area contributed by atoms with Gasteiger partial charge in [-0.05, 0) is 68.6 Å². The molecular formula is C23H35NO3. The highest BCUT2D eigenvalue weighted by Crippen LogP contribution is 2.71. The topological polar surface area (TPSA) is 66.4 Å². The van der Waals surface area contributed by atoms with Crippen molar-refractivity contribution in [3.63, 3.8) is 0 Å². The van der Waals surface area contributed by atoms with Crippen LogP contribution in [0.4, 0.5) is 0 Å². The molecule has 4 fully saturated rings. The molecule has 0 saturated heterocycles. The lowest BCUT2D eigenvalue weighted by Crippen LogP contribution is -2.61. The molecule has 0 heterocycles. The maximum absolute atomic E-state index is 13.3. The zero-order chi connectivity index (χ0) is 19.7. The monoisotopic (exact) mass is 373 g/mol. The molecule has 4 rings (SSSR count). The molecule has 4 saturated carbocycles. The SMILES string of the molecule is C=C1C(=O)[C@@]23CCC4[C@](C)(C(=O)NCCC)CCC[C@@]4(C)[C@@H]2CC[C@@]1(O)C3. The van der Waals surface area contributed by atoms with E-state index in [2.05, 4.69) is 32.7 Å². The molecule has 0 aromatic carbocycles.